The Morgan fingerprint density at radius 1 is 1.30 bits per heavy atom. The zero-order valence-corrected chi connectivity index (χ0v) is 7.19. The SMILES string of the molecule is Cc1c(CCBr)c(=O)c1=O. The largest absolute Gasteiger partial charge is 0.285 e. The van der Waals surface area contributed by atoms with Crippen LogP contribution in [0, 0.1) is 6.92 Å². The van der Waals surface area contributed by atoms with Crippen molar-refractivity contribution in [2.75, 3.05) is 5.33 Å². The molecule has 0 spiro atoms. The van der Waals surface area contributed by atoms with Crippen molar-refractivity contribution < 1.29 is 0 Å². The van der Waals surface area contributed by atoms with Crippen molar-refractivity contribution in [2.24, 2.45) is 0 Å². The molecule has 3 heteroatoms. The molecular weight excluding hydrogens is 196 g/mol. The van der Waals surface area contributed by atoms with E-state index in [4.69, 9.17) is 0 Å². The normalized spacial score (nSPS) is 10.6. The van der Waals surface area contributed by atoms with E-state index in [1.54, 1.807) is 6.92 Å². The number of rotatable bonds is 2. The summed E-state index contributed by atoms with van der Waals surface area (Å²) in [6.45, 7) is 1.70. The topological polar surface area (TPSA) is 34.1 Å². The van der Waals surface area contributed by atoms with Crippen LogP contribution in [-0.4, -0.2) is 5.33 Å². The molecule has 2 nitrogen and oxygen atoms in total. The summed E-state index contributed by atoms with van der Waals surface area (Å²) in [5.41, 5.74) is 0.735. The lowest BCUT2D eigenvalue weighted by molar-refractivity contribution is 1.05. The molecule has 0 saturated carbocycles. The lowest BCUT2D eigenvalue weighted by Gasteiger charge is -2.02. The highest BCUT2D eigenvalue weighted by Crippen LogP contribution is 2.00. The van der Waals surface area contributed by atoms with E-state index in [1.165, 1.54) is 0 Å². The molecule has 1 aromatic rings. The summed E-state index contributed by atoms with van der Waals surface area (Å²) < 4.78 is 0. The maximum Gasteiger partial charge on any atom is 0.229 e. The van der Waals surface area contributed by atoms with Gasteiger partial charge in [-0.2, -0.15) is 0 Å². The molecule has 54 valence electrons. The molecule has 0 N–H and O–H groups in total. The Hall–Kier alpha value is -0.440. The molecule has 0 fully saturated rings. The number of hydrogen-bond donors (Lipinski definition) is 0. The van der Waals surface area contributed by atoms with Crippen LogP contribution < -0.4 is 10.9 Å². The fraction of sp³-hybridized carbons (Fsp3) is 0.429. The van der Waals surface area contributed by atoms with E-state index in [1.807, 2.05) is 0 Å². The highest BCUT2D eigenvalue weighted by Gasteiger charge is 2.14. The third-order valence-electron chi connectivity index (χ3n) is 1.62. The van der Waals surface area contributed by atoms with Crippen LogP contribution in [0.5, 0.6) is 0 Å². The average Bonchev–Trinajstić information content (AvgIpc) is 1.98. The van der Waals surface area contributed by atoms with E-state index in [2.05, 4.69) is 15.9 Å². The number of hydrogen-bond acceptors (Lipinski definition) is 2. The maximum absolute atomic E-state index is 10.7. The minimum absolute atomic E-state index is 0.294. The van der Waals surface area contributed by atoms with Crippen molar-refractivity contribution in [1.82, 2.24) is 0 Å². The van der Waals surface area contributed by atoms with E-state index in [0.29, 0.717) is 17.5 Å². The van der Waals surface area contributed by atoms with E-state index >= 15 is 0 Å². The molecule has 10 heavy (non-hydrogen) atoms. The number of halogens is 1. The van der Waals surface area contributed by atoms with Crippen LogP contribution in [-0.2, 0) is 6.42 Å². The first-order valence-corrected chi connectivity index (χ1v) is 4.15. The molecule has 0 radical (unpaired) electrons. The Kier molecular flexibility index (Phi) is 2.04. The second kappa shape index (κ2) is 2.66. The summed E-state index contributed by atoms with van der Waals surface area (Å²) in [5.74, 6) is 0. The molecule has 0 unspecified atom stereocenters. The fourth-order valence-electron chi connectivity index (χ4n) is 0.948. The van der Waals surface area contributed by atoms with Crippen LogP contribution in [0.3, 0.4) is 0 Å². The molecule has 0 bridgehead atoms. The van der Waals surface area contributed by atoms with Gasteiger partial charge in [0.25, 0.3) is 0 Å². The molecule has 0 saturated heterocycles. The van der Waals surface area contributed by atoms with E-state index < -0.39 is 0 Å². The van der Waals surface area contributed by atoms with Crippen LogP contribution in [0.25, 0.3) is 0 Å². The molecular formula is C7H7BrO2. The van der Waals surface area contributed by atoms with E-state index in [0.717, 1.165) is 5.33 Å². The highest BCUT2D eigenvalue weighted by atomic mass is 79.9. The van der Waals surface area contributed by atoms with Gasteiger partial charge in [-0.05, 0) is 13.3 Å². The van der Waals surface area contributed by atoms with Crippen LogP contribution in [0.4, 0.5) is 0 Å². The van der Waals surface area contributed by atoms with Crippen LogP contribution >= 0.6 is 15.9 Å². The Morgan fingerprint density at radius 2 is 1.90 bits per heavy atom. The molecule has 1 aromatic carbocycles. The second-order valence-corrected chi connectivity index (χ2v) is 2.99. The van der Waals surface area contributed by atoms with Crippen molar-refractivity contribution in [1.29, 1.82) is 0 Å². The zero-order valence-electron chi connectivity index (χ0n) is 5.61. The Morgan fingerprint density at radius 3 is 2.30 bits per heavy atom. The maximum atomic E-state index is 10.7. The predicted molar refractivity (Wildman–Crippen MR) is 43.6 cm³/mol. The Labute approximate surface area is 66.7 Å². The smallest absolute Gasteiger partial charge is 0.229 e. The van der Waals surface area contributed by atoms with Gasteiger partial charge in [0.2, 0.25) is 10.9 Å². The summed E-state index contributed by atoms with van der Waals surface area (Å²) in [5, 5.41) is 0.749. The quantitative estimate of drug-likeness (QED) is 0.518. The van der Waals surface area contributed by atoms with Gasteiger partial charge in [0, 0.05) is 16.5 Å². The summed E-state index contributed by atoms with van der Waals surface area (Å²) in [7, 11) is 0. The first-order chi connectivity index (χ1) is 4.68. The molecule has 0 aliphatic carbocycles. The molecule has 0 aromatic heterocycles. The van der Waals surface area contributed by atoms with Crippen LogP contribution in [0.2, 0.25) is 0 Å². The van der Waals surface area contributed by atoms with Crippen LogP contribution in [0.15, 0.2) is 9.59 Å². The van der Waals surface area contributed by atoms with Gasteiger partial charge < -0.3 is 0 Å². The Bertz CT molecular complexity index is 307. The monoisotopic (exact) mass is 202 g/mol. The standard InChI is InChI=1S/C7H7BrO2/c1-4-5(2-3-8)7(10)6(4)9/h2-3H2,1H3. The Balaban J connectivity index is 2.99. The van der Waals surface area contributed by atoms with Crippen molar-refractivity contribution in [2.45, 2.75) is 13.3 Å². The van der Waals surface area contributed by atoms with Gasteiger partial charge in [0.15, 0.2) is 0 Å². The van der Waals surface area contributed by atoms with Crippen molar-refractivity contribution in [3.63, 3.8) is 0 Å². The number of alkyl halides is 1. The minimum atomic E-state index is -0.309. The van der Waals surface area contributed by atoms with E-state index in [9.17, 15) is 9.59 Å². The van der Waals surface area contributed by atoms with Gasteiger partial charge in [0.05, 0.1) is 0 Å². The van der Waals surface area contributed by atoms with Gasteiger partial charge in [-0.3, -0.25) is 9.59 Å². The first-order valence-electron chi connectivity index (χ1n) is 3.03. The van der Waals surface area contributed by atoms with Gasteiger partial charge in [-0.15, -0.1) is 0 Å². The predicted octanol–water partition coefficient (Wildman–Crippen LogP) is 0.528. The summed E-state index contributed by atoms with van der Waals surface area (Å²) in [6, 6.07) is 0. The second-order valence-electron chi connectivity index (χ2n) is 2.20. The zero-order chi connectivity index (χ0) is 7.72. The van der Waals surface area contributed by atoms with Gasteiger partial charge >= 0.3 is 0 Å². The summed E-state index contributed by atoms with van der Waals surface area (Å²) in [4.78, 5) is 21.4. The first kappa shape index (κ1) is 7.66. The third kappa shape index (κ3) is 0.944. The lowest BCUT2D eigenvalue weighted by atomic mass is 10.0. The summed E-state index contributed by atoms with van der Waals surface area (Å²) >= 11 is 3.20. The van der Waals surface area contributed by atoms with Crippen LogP contribution in [0.1, 0.15) is 11.1 Å². The van der Waals surface area contributed by atoms with E-state index in [-0.39, 0.29) is 10.9 Å². The average molecular weight is 203 g/mol. The molecule has 0 aliphatic heterocycles. The highest BCUT2D eigenvalue weighted by molar-refractivity contribution is 9.09. The molecule has 0 amide bonds. The van der Waals surface area contributed by atoms with Gasteiger partial charge in [-0.25, -0.2) is 0 Å². The van der Waals surface area contributed by atoms with Gasteiger partial charge in [0.1, 0.15) is 0 Å². The van der Waals surface area contributed by atoms with Crippen molar-refractivity contribution >= 4 is 15.9 Å². The van der Waals surface area contributed by atoms with Gasteiger partial charge in [-0.1, -0.05) is 15.9 Å². The molecule has 0 atom stereocenters. The fourth-order valence-corrected chi connectivity index (χ4v) is 1.34. The molecule has 1 rings (SSSR count). The third-order valence-corrected chi connectivity index (χ3v) is 2.01. The minimum Gasteiger partial charge on any atom is -0.285 e. The molecule has 0 aliphatic rings. The van der Waals surface area contributed by atoms with Crippen molar-refractivity contribution in [3.05, 3.63) is 31.6 Å². The van der Waals surface area contributed by atoms with Crippen molar-refractivity contribution in [3.8, 4) is 0 Å². The lowest BCUT2D eigenvalue weighted by Crippen LogP contribution is -2.38. The molecule has 0 heterocycles. The summed E-state index contributed by atoms with van der Waals surface area (Å²) in [6.07, 6.45) is 0.677.